The van der Waals surface area contributed by atoms with Crippen LogP contribution in [0.25, 0.3) is 0 Å². The van der Waals surface area contributed by atoms with E-state index in [1.165, 1.54) is 38.3 Å². The predicted octanol–water partition coefficient (Wildman–Crippen LogP) is 2.13. The molecule has 8 heteroatoms. The van der Waals surface area contributed by atoms with Crippen LogP contribution in [-0.4, -0.2) is 37.5 Å². The first-order valence-corrected chi connectivity index (χ1v) is 8.08. The van der Waals surface area contributed by atoms with Gasteiger partial charge in [0, 0.05) is 5.69 Å². The van der Waals surface area contributed by atoms with Crippen molar-refractivity contribution in [3.8, 4) is 5.75 Å². The summed E-state index contributed by atoms with van der Waals surface area (Å²) >= 11 is 0. The van der Waals surface area contributed by atoms with Crippen LogP contribution < -0.4 is 15.4 Å². The molecular weight excluding hydrogens is 355 g/mol. The van der Waals surface area contributed by atoms with Crippen LogP contribution in [-0.2, 0) is 14.3 Å². The van der Waals surface area contributed by atoms with Crippen LogP contribution in [0, 0.1) is 5.82 Å². The summed E-state index contributed by atoms with van der Waals surface area (Å²) in [5.74, 6) is -1.92. The second-order valence-electron chi connectivity index (χ2n) is 5.51. The van der Waals surface area contributed by atoms with Gasteiger partial charge in [-0.25, -0.2) is 4.39 Å². The molecule has 2 amide bonds. The quantitative estimate of drug-likeness (QED) is 0.724. The number of hydrogen-bond acceptors (Lipinski definition) is 5. The van der Waals surface area contributed by atoms with Crippen LogP contribution in [0.4, 0.5) is 10.1 Å². The maximum absolute atomic E-state index is 12.9. The molecule has 0 fully saturated rings. The molecule has 0 aliphatic rings. The molecule has 2 rings (SSSR count). The number of para-hydroxylation sites is 1. The second-order valence-corrected chi connectivity index (χ2v) is 5.51. The Morgan fingerprint density at radius 1 is 1.07 bits per heavy atom. The minimum absolute atomic E-state index is 0.273. The van der Waals surface area contributed by atoms with Crippen molar-refractivity contribution >= 4 is 23.5 Å². The van der Waals surface area contributed by atoms with Crippen molar-refractivity contribution in [1.29, 1.82) is 0 Å². The zero-order valence-electron chi connectivity index (χ0n) is 14.8. The zero-order chi connectivity index (χ0) is 19.8. The summed E-state index contributed by atoms with van der Waals surface area (Å²) in [6.07, 6.45) is -1.09. The maximum Gasteiger partial charge on any atom is 0.326 e. The molecule has 2 aromatic carbocycles. The molecule has 2 aromatic rings. The topological polar surface area (TPSA) is 93.7 Å². The van der Waals surface area contributed by atoms with Crippen molar-refractivity contribution in [2.75, 3.05) is 19.0 Å². The van der Waals surface area contributed by atoms with Gasteiger partial charge in [0.15, 0.2) is 6.10 Å². The van der Waals surface area contributed by atoms with Gasteiger partial charge in [-0.05, 0) is 43.3 Å². The lowest BCUT2D eigenvalue weighted by atomic mass is 10.2. The highest BCUT2D eigenvalue weighted by Crippen LogP contribution is 2.16. The monoisotopic (exact) mass is 374 g/mol. The molecule has 0 aliphatic carbocycles. The van der Waals surface area contributed by atoms with Gasteiger partial charge in [-0.1, -0.05) is 12.1 Å². The van der Waals surface area contributed by atoms with Crippen LogP contribution >= 0.6 is 0 Å². The maximum atomic E-state index is 12.9. The fourth-order valence-electron chi connectivity index (χ4n) is 2.15. The Hall–Kier alpha value is -3.42. The van der Waals surface area contributed by atoms with E-state index in [2.05, 4.69) is 10.6 Å². The number of anilines is 1. The van der Waals surface area contributed by atoms with Gasteiger partial charge in [-0.15, -0.1) is 0 Å². The molecule has 0 saturated heterocycles. The van der Waals surface area contributed by atoms with Gasteiger partial charge in [-0.3, -0.25) is 14.4 Å². The van der Waals surface area contributed by atoms with E-state index >= 15 is 0 Å². The van der Waals surface area contributed by atoms with Crippen molar-refractivity contribution in [3.63, 3.8) is 0 Å². The Morgan fingerprint density at radius 2 is 1.74 bits per heavy atom. The SMILES string of the molecule is COc1ccccc1C(=O)NCC(=O)O[C@H](C)C(=O)Nc1ccc(F)cc1. The smallest absolute Gasteiger partial charge is 0.326 e. The van der Waals surface area contributed by atoms with Crippen molar-refractivity contribution < 1.29 is 28.2 Å². The normalized spacial score (nSPS) is 11.2. The Balaban J connectivity index is 1.83. The first-order valence-electron chi connectivity index (χ1n) is 8.08. The number of hydrogen-bond donors (Lipinski definition) is 2. The number of ether oxygens (including phenoxy) is 2. The molecule has 0 bridgehead atoms. The van der Waals surface area contributed by atoms with Crippen LogP contribution in [0.5, 0.6) is 5.75 Å². The van der Waals surface area contributed by atoms with Crippen LogP contribution in [0.1, 0.15) is 17.3 Å². The summed E-state index contributed by atoms with van der Waals surface area (Å²) in [6, 6.07) is 11.7. The first kappa shape index (κ1) is 19.9. The van der Waals surface area contributed by atoms with Crippen molar-refractivity contribution in [1.82, 2.24) is 5.32 Å². The molecule has 0 aliphatic heterocycles. The van der Waals surface area contributed by atoms with Gasteiger partial charge in [0.1, 0.15) is 18.1 Å². The standard InChI is InChI=1S/C19H19FN2O5/c1-12(18(24)22-14-9-7-13(20)8-10-14)27-17(23)11-21-19(25)15-5-3-4-6-16(15)26-2/h3-10,12H,11H2,1-2H3,(H,21,25)(H,22,24)/t12-/m1/s1. The zero-order valence-corrected chi connectivity index (χ0v) is 14.8. The minimum atomic E-state index is -1.09. The number of halogens is 1. The average Bonchev–Trinajstić information content (AvgIpc) is 2.67. The number of benzene rings is 2. The third-order valence-electron chi connectivity index (χ3n) is 3.53. The summed E-state index contributed by atoms with van der Waals surface area (Å²) in [5.41, 5.74) is 0.642. The highest BCUT2D eigenvalue weighted by molar-refractivity contribution is 5.99. The lowest BCUT2D eigenvalue weighted by Crippen LogP contribution is -2.35. The van der Waals surface area contributed by atoms with E-state index in [0.29, 0.717) is 11.4 Å². The van der Waals surface area contributed by atoms with Crippen LogP contribution in [0.2, 0.25) is 0 Å². The van der Waals surface area contributed by atoms with Gasteiger partial charge in [-0.2, -0.15) is 0 Å². The summed E-state index contributed by atoms with van der Waals surface area (Å²) in [5, 5.41) is 4.90. The number of amides is 2. The number of carbonyl (C=O) groups is 3. The number of nitrogens with one attached hydrogen (secondary N) is 2. The molecule has 2 N–H and O–H groups in total. The molecular formula is C19H19FN2O5. The van der Waals surface area contributed by atoms with Gasteiger partial charge in [0.05, 0.1) is 12.7 Å². The second kappa shape index (κ2) is 9.33. The van der Waals surface area contributed by atoms with E-state index in [9.17, 15) is 18.8 Å². The Labute approximate surface area is 155 Å². The van der Waals surface area contributed by atoms with E-state index in [1.807, 2.05) is 0 Å². The summed E-state index contributed by atoms with van der Waals surface area (Å²) < 4.78 is 22.9. The van der Waals surface area contributed by atoms with Crippen molar-refractivity contribution in [2.45, 2.75) is 13.0 Å². The van der Waals surface area contributed by atoms with Crippen LogP contribution in [0.3, 0.4) is 0 Å². The molecule has 0 heterocycles. The molecule has 7 nitrogen and oxygen atoms in total. The van der Waals surface area contributed by atoms with E-state index in [4.69, 9.17) is 9.47 Å². The van der Waals surface area contributed by atoms with E-state index in [-0.39, 0.29) is 5.56 Å². The van der Waals surface area contributed by atoms with E-state index in [1.54, 1.807) is 24.3 Å². The van der Waals surface area contributed by atoms with Gasteiger partial charge in [0.25, 0.3) is 11.8 Å². The number of rotatable bonds is 7. The van der Waals surface area contributed by atoms with Crippen molar-refractivity contribution in [2.24, 2.45) is 0 Å². The minimum Gasteiger partial charge on any atom is -0.496 e. The lowest BCUT2D eigenvalue weighted by Gasteiger charge is -2.14. The Bertz CT molecular complexity index is 823. The Morgan fingerprint density at radius 3 is 2.41 bits per heavy atom. The highest BCUT2D eigenvalue weighted by Gasteiger charge is 2.19. The molecule has 0 unspecified atom stereocenters. The van der Waals surface area contributed by atoms with Gasteiger partial charge in [0.2, 0.25) is 0 Å². The largest absolute Gasteiger partial charge is 0.496 e. The summed E-state index contributed by atoms with van der Waals surface area (Å²) in [7, 11) is 1.43. The first-order chi connectivity index (χ1) is 12.9. The predicted molar refractivity (Wildman–Crippen MR) is 95.9 cm³/mol. The fraction of sp³-hybridized carbons (Fsp3) is 0.211. The molecule has 0 radical (unpaired) electrons. The third kappa shape index (κ3) is 5.81. The van der Waals surface area contributed by atoms with E-state index in [0.717, 1.165) is 0 Å². The van der Waals surface area contributed by atoms with E-state index < -0.39 is 36.2 Å². The molecule has 0 saturated carbocycles. The van der Waals surface area contributed by atoms with Crippen molar-refractivity contribution in [3.05, 3.63) is 59.9 Å². The number of methoxy groups -OCH3 is 1. The molecule has 1 atom stereocenters. The third-order valence-corrected chi connectivity index (χ3v) is 3.53. The van der Waals surface area contributed by atoms with Gasteiger partial charge >= 0.3 is 5.97 Å². The molecule has 0 aromatic heterocycles. The number of carbonyl (C=O) groups excluding carboxylic acids is 3. The molecule has 142 valence electrons. The molecule has 27 heavy (non-hydrogen) atoms. The Kier molecular flexibility index (Phi) is 6.87. The summed E-state index contributed by atoms with van der Waals surface area (Å²) in [6.45, 7) is 0.976. The highest BCUT2D eigenvalue weighted by atomic mass is 19.1. The van der Waals surface area contributed by atoms with Crippen LogP contribution in [0.15, 0.2) is 48.5 Å². The average molecular weight is 374 g/mol. The summed E-state index contributed by atoms with van der Waals surface area (Å²) in [4.78, 5) is 35.9. The number of esters is 1. The molecule has 0 spiro atoms. The fourth-order valence-corrected chi connectivity index (χ4v) is 2.15. The van der Waals surface area contributed by atoms with Gasteiger partial charge < -0.3 is 20.1 Å². The lowest BCUT2D eigenvalue weighted by molar-refractivity contribution is -0.152.